The van der Waals surface area contributed by atoms with Gasteiger partial charge in [-0.3, -0.25) is 20.2 Å². The molecule has 0 aromatic heterocycles. The summed E-state index contributed by atoms with van der Waals surface area (Å²) < 4.78 is 0. The van der Waals surface area contributed by atoms with Gasteiger partial charge in [-0.05, 0) is 19.3 Å². The molecule has 0 unspecified atom stereocenters. The Morgan fingerprint density at radius 2 is 1.56 bits per heavy atom. The highest BCUT2D eigenvalue weighted by molar-refractivity contribution is 8.76. The summed E-state index contributed by atoms with van der Waals surface area (Å²) in [6.45, 7) is 6.76. The van der Waals surface area contributed by atoms with E-state index in [0.29, 0.717) is 31.2 Å². The molecule has 0 aliphatic carbocycles. The normalized spacial score (nSPS) is 10.2. The minimum absolute atomic E-state index is 0.141. The zero-order valence-electron chi connectivity index (χ0n) is 15.0. The van der Waals surface area contributed by atoms with Gasteiger partial charge in [0, 0.05) is 25.3 Å². The molecule has 0 saturated heterocycles. The van der Waals surface area contributed by atoms with Gasteiger partial charge in [0.25, 0.3) is 0 Å². The van der Waals surface area contributed by atoms with E-state index >= 15 is 0 Å². The van der Waals surface area contributed by atoms with Crippen LogP contribution < -0.4 is 21.3 Å². The summed E-state index contributed by atoms with van der Waals surface area (Å²) in [5.74, 6) is 0.610. The predicted octanol–water partition coefficient (Wildman–Crippen LogP) is 1.87. The maximum absolute atomic E-state index is 11.5. The first-order chi connectivity index (χ1) is 11.8. The number of imide groups is 2. The third-order valence-electron chi connectivity index (χ3n) is 2.77. The van der Waals surface area contributed by atoms with Crippen molar-refractivity contribution < 1.29 is 19.2 Å². The monoisotopic (exact) mass is 392 g/mol. The number of carbonyl (C=O) groups is 4. The largest absolute Gasteiger partial charge is 0.338 e. The molecule has 10 heteroatoms. The third kappa shape index (κ3) is 15.8. The van der Waals surface area contributed by atoms with Gasteiger partial charge in [0.2, 0.25) is 11.8 Å². The van der Waals surface area contributed by atoms with E-state index in [1.54, 1.807) is 6.92 Å². The van der Waals surface area contributed by atoms with Crippen molar-refractivity contribution in [1.82, 2.24) is 21.3 Å². The zero-order valence-corrected chi connectivity index (χ0v) is 16.6. The Hall–Kier alpha value is -1.42. The van der Waals surface area contributed by atoms with Gasteiger partial charge in [-0.15, -0.1) is 0 Å². The fraction of sp³-hybridized carbons (Fsp3) is 0.733. The number of urea groups is 2. The van der Waals surface area contributed by atoms with E-state index in [0.717, 1.165) is 12.8 Å². The van der Waals surface area contributed by atoms with Gasteiger partial charge in [0.05, 0.1) is 5.75 Å². The highest BCUT2D eigenvalue weighted by atomic mass is 33.1. The molecule has 25 heavy (non-hydrogen) atoms. The van der Waals surface area contributed by atoms with Crippen molar-refractivity contribution in [3.8, 4) is 0 Å². The summed E-state index contributed by atoms with van der Waals surface area (Å²) in [7, 11) is 2.68. The number of rotatable bonds is 11. The van der Waals surface area contributed by atoms with Crippen LogP contribution in [0.1, 0.15) is 40.0 Å². The molecule has 0 aliphatic rings. The first-order valence-electron chi connectivity index (χ1n) is 8.24. The summed E-state index contributed by atoms with van der Waals surface area (Å²) in [5.41, 5.74) is 0. The van der Waals surface area contributed by atoms with Gasteiger partial charge < -0.3 is 10.6 Å². The van der Waals surface area contributed by atoms with Crippen molar-refractivity contribution in [2.24, 2.45) is 5.92 Å². The minimum atomic E-state index is -0.505. The Morgan fingerprint density at radius 3 is 2.20 bits per heavy atom. The number of carbonyl (C=O) groups excluding carboxylic acids is 4. The van der Waals surface area contributed by atoms with E-state index in [1.807, 2.05) is 0 Å². The fourth-order valence-corrected chi connectivity index (χ4v) is 3.37. The number of amides is 6. The molecule has 4 N–H and O–H groups in total. The second-order valence-corrected chi connectivity index (χ2v) is 8.16. The van der Waals surface area contributed by atoms with Gasteiger partial charge in [0.1, 0.15) is 0 Å². The minimum Gasteiger partial charge on any atom is -0.338 e. The Balaban J connectivity index is 3.58. The quantitative estimate of drug-likeness (QED) is 0.315. The van der Waals surface area contributed by atoms with Crippen molar-refractivity contribution in [3.05, 3.63) is 0 Å². The second-order valence-electron chi connectivity index (χ2n) is 5.58. The van der Waals surface area contributed by atoms with Gasteiger partial charge >= 0.3 is 12.1 Å². The summed E-state index contributed by atoms with van der Waals surface area (Å²) in [5, 5.41) is 9.52. The van der Waals surface area contributed by atoms with Gasteiger partial charge in [-0.25, -0.2) is 9.59 Å². The lowest BCUT2D eigenvalue weighted by atomic mass is 10.1. The highest BCUT2D eigenvalue weighted by Gasteiger charge is 2.08. The second kappa shape index (κ2) is 14.9. The summed E-state index contributed by atoms with van der Waals surface area (Å²) in [6.07, 6.45) is 2.06. The van der Waals surface area contributed by atoms with E-state index < -0.39 is 12.1 Å². The molecular weight excluding hydrogens is 364 g/mol. The van der Waals surface area contributed by atoms with Crippen LogP contribution in [0.25, 0.3) is 0 Å². The summed E-state index contributed by atoms with van der Waals surface area (Å²) in [6, 6.07) is -1.01. The molecule has 0 saturated carbocycles. The Bertz CT molecular complexity index is 447. The van der Waals surface area contributed by atoms with Gasteiger partial charge in [0.15, 0.2) is 0 Å². The van der Waals surface area contributed by atoms with Crippen LogP contribution in [-0.4, -0.2) is 48.5 Å². The zero-order chi connectivity index (χ0) is 19.1. The molecule has 0 rings (SSSR count). The van der Waals surface area contributed by atoms with Crippen molar-refractivity contribution in [3.63, 3.8) is 0 Å². The number of nitrogens with one attached hydrogen (secondary N) is 4. The highest BCUT2D eigenvalue weighted by Crippen LogP contribution is 2.19. The Morgan fingerprint density at radius 1 is 0.920 bits per heavy atom. The van der Waals surface area contributed by atoms with E-state index in [-0.39, 0.29) is 17.6 Å². The Kier molecular flexibility index (Phi) is 14.0. The number of hydrogen-bond donors (Lipinski definition) is 4. The van der Waals surface area contributed by atoms with Crippen molar-refractivity contribution >= 4 is 45.5 Å². The molecule has 0 radical (unpaired) electrons. The topological polar surface area (TPSA) is 116 Å². The molecule has 0 aliphatic heterocycles. The lowest BCUT2D eigenvalue weighted by Crippen LogP contribution is -2.40. The standard InChI is InChI=1S/C15H28N4O4S2/c1-4-16-14(22)19-13(21)10-25-24-9-8-17-15(23)18-12(20)7-5-6-11(2)3/h11H,4-10H2,1-3H3,(H2,16,19,21,22)(H2,17,18,20,23). The first kappa shape index (κ1) is 23.6. The van der Waals surface area contributed by atoms with Crippen LogP contribution in [-0.2, 0) is 9.59 Å². The molecule has 8 nitrogen and oxygen atoms in total. The predicted molar refractivity (Wildman–Crippen MR) is 102 cm³/mol. The Labute approximate surface area is 156 Å². The van der Waals surface area contributed by atoms with E-state index in [4.69, 9.17) is 0 Å². The maximum Gasteiger partial charge on any atom is 0.321 e. The number of hydrogen-bond acceptors (Lipinski definition) is 6. The molecule has 0 bridgehead atoms. The lowest BCUT2D eigenvalue weighted by Gasteiger charge is -2.07. The van der Waals surface area contributed by atoms with Crippen LogP contribution in [0.3, 0.4) is 0 Å². The molecule has 0 spiro atoms. The van der Waals surface area contributed by atoms with Gasteiger partial charge in [-0.2, -0.15) is 0 Å². The smallest absolute Gasteiger partial charge is 0.321 e. The van der Waals surface area contributed by atoms with E-state index in [9.17, 15) is 19.2 Å². The average molecular weight is 393 g/mol. The van der Waals surface area contributed by atoms with Crippen LogP contribution in [0.5, 0.6) is 0 Å². The fourth-order valence-electron chi connectivity index (χ4n) is 1.63. The molecule has 0 atom stereocenters. The lowest BCUT2D eigenvalue weighted by molar-refractivity contribution is -0.120. The SMILES string of the molecule is CCNC(=O)NC(=O)CSSCCNC(=O)NC(=O)CCCC(C)C. The molecule has 144 valence electrons. The van der Waals surface area contributed by atoms with Crippen LogP contribution in [0.15, 0.2) is 0 Å². The van der Waals surface area contributed by atoms with Crippen LogP contribution in [0.4, 0.5) is 9.59 Å². The van der Waals surface area contributed by atoms with Crippen molar-refractivity contribution in [2.45, 2.75) is 40.0 Å². The molecule has 0 aromatic carbocycles. The van der Waals surface area contributed by atoms with E-state index in [1.165, 1.54) is 21.6 Å². The summed E-state index contributed by atoms with van der Waals surface area (Å²) in [4.78, 5) is 45.5. The average Bonchev–Trinajstić information content (AvgIpc) is 2.50. The van der Waals surface area contributed by atoms with Gasteiger partial charge in [-0.1, -0.05) is 41.9 Å². The van der Waals surface area contributed by atoms with Crippen LogP contribution in [0, 0.1) is 5.92 Å². The molecular formula is C15H28N4O4S2. The van der Waals surface area contributed by atoms with Crippen molar-refractivity contribution in [2.75, 3.05) is 24.6 Å². The van der Waals surface area contributed by atoms with Crippen LogP contribution in [0.2, 0.25) is 0 Å². The molecule has 0 aromatic rings. The molecule has 0 heterocycles. The van der Waals surface area contributed by atoms with Crippen molar-refractivity contribution in [1.29, 1.82) is 0 Å². The third-order valence-corrected chi connectivity index (χ3v) is 5.04. The van der Waals surface area contributed by atoms with E-state index in [2.05, 4.69) is 35.1 Å². The molecule has 0 fully saturated rings. The maximum atomic E-state index is 11.5. The molecule has 6 amide bonds. The first-order valence-corrected chi connectivity index (χ1v) is 10.7. The van der Waals surface area contributed by atoms with Crippen LogP contribution >= 0.6 is 21.6 Å². The summed E-state index contributed by atoms with van der Waals surface area (Å²) >= 11 is 0.